The zero-order chi connectivity index (χ0) is 29.8. The van der Waals surface area contributed by atoms with Gasteiger partial charge in [0.2, 0.25) is 0 Å². The van der Waals surface area contributed by atoms with E-state index in [0.29, 0.717) is 0 Å². The van der Waals surface area contributed by atoms with Crippen LogP contribution in [0, 0.1) is 0 Å². The fraction of sp³-hybridized carbons (Fsp3) is 0.600. The van der Waals surface area contributed by atoms with Gasteiger partial charge in [-0.2, -0.15) is 0 Å². The van der Waals surface area contributed by atoms with Gasteiger partial charge < -0.3 is 0 Å². The molecule has 0 unspecified atom stereocenters. The Morgan fingerprint density at radius 2 is 1.26 bits per heavy atom. The van der Waals surface area contributed by atoms with Gasteiger partial charge in [0, 0.05) is 0 Å². The van der Waals surface area contributed by atoms with Crippen molar-refractivity contribution >= 4 is 10.2 Å². The summed E-state index contributed by atoms with van der Waals surface area (Å²) < 4.78 is 5.81. The summed E-state index contributed by atoms with van der Waals surface area (Å²) >= 11 is -3.98. The van der Waals surface area contributed by atoms with Crippen LogP contribution in [0.2, 0.25) is 7.25 Å². The van der Waals surface area contributed by atoms with Crippen LogP contribution in [0.5, 0.6) is 0 Å². The summed E-state index contributed by atoms with van der Waals surface area (Å²) in [5.74, 6) is 0. The van der Waals surface area contributed by atoms with Crippen LogP contribution in [-0.4, -0.2) is 6.88 Å². The zero-order valence-corrected chi connectivity index (χ0v) is 31.8. The minimum absolute atomic E-state index is 0.146. The van der Waals surface area contributed by atoms with Crippen molar-refractivity contribution in [3.63, 3.8) is 0 Å². The second kappa shape index (κ2) is 11.4. The summed E-state index contributed by atoms with van der Waals surface area (Å²) in [6.45, 7) is 17.5. The molecule has 0 atom stereocenters. The maximum atomic E-state index is 2.74. The Bertz CT molecular complexity index is 1430. The molecule has 4 aliphatic rings. The van der Waals surface area contributed by atoms with Gasteiger partial charge in [0.15, 0.2) is 0 Å². The van der Waals surface area contributed by atoms with Crippen LogP contribution in [-0.2, 0) is 34.6 Å². The van der Waals surface area contributed by atoms with Crippen LogP contribution >= 0.6 is 0 Å². The Morgan fingerprint density at radius 3 is 1.76 bits per heavy atom. The molecule has 2 saturated carbocycles. The topological polar surface area (TPSA) is 0 Å². The van der Waals surface area contributed by atoms with Crippen molar-refractivity contribution < 1.29 is 17.4 Å². The summed E-state index contributed by atoms with van der Waals surface area (Å²) in [5, 5.41) is 0. The third-order valence-corrected chi connectivity index (χ3v) is 45.0. The number of fused-ring (bicyclic) bond motifs is 3. The van der Waals surface area contributed by atoms with E-state index in [0.717, 1.165) is 13.7 Å². The molecule has 0 heterocycles. The molecule has 0 radical (unpaired) electrons. The second-order valence-corrected chi connectivity index (χ2v) is 40.7. The van der Waals surface area contributed by atoms with E-state index >= 15 is 0 Å². The molecule has 6 rings (SSSR count). The first kappa shape index (κ1) is 31.0. The number of allylic oxidation sites excluding steroid dienone is 4. The number of hydrogen-bond donors (Lipinski definition) is 0. The quantitative estimate of drug-likeness (QED) is 0.193. The number of benzene rings is 2. The third kappa shape index (κ3) is 5.02. The van der Waals surface area contributed by atoms with Crippen LogP contribution in [0.4, 0.5) is 0 Å². The van der Waals surface area contributed by atoms with E-state index in [1.807, 2.05) is 6.55 Å². The van der Waals surface area contributed by atoms with Crippen LogP contribution in [0.25, 0.3) is 11.1 Å². The fourth-order valence-corrected chi connectivity index (χ4v) is 42.2. The van der Waals surface area contributed by atoms with Gasteiger partial charge in [0.05, 0.1) is 0 Å². The molecular weight excluding hydrogens is 600 g/mol. The van der Waals surface area contributed by atoms with Gasteiger partial charge in [-0.15, -0.1) is 0 Å². The predicted molar refractivity (Wildman–Crippen MR) is 185 cm³/mol. The summed E-state index contributed by atoms with van der Waals surface area (Å²) in [5.41, 5.74) is 10.0. The van der Waals surface area contributed by atoms with Gasteiger partial charge in [-0.1, -0.05) is 0 Å². The molecule has 0 nitrogen and oxygen atoms in total. The van der Waals surface area contributed by atoms with E-state index < -0.39 is 17.4 Å². The van der Waals surface area contributed by atoms with E-state index in [9.17, 15) is 0 Å². The SMILES string of the molecule is CC(C)(C)c1ccc2c(c1)Cc1c-2ccc(C(C)(C)C)[c]1[Zr](=[SiH2])([C]1=CC=CC1)([CH]1CCCCCC1)[CH]1CCCCCC1. The molecular formula is C40H58SiZr. The molecule has 42 heavy (non-hydrogen) atoms. The summed E-state index contributed by atoms with van der Waals surface area (Å²) in [7, 11) is 0. The molecule has 0 amide bonds. The molecule has 2 aromatic rings. The molecule has 0 spiro atoms. The second-order valence-electron chi connectivity index (χ2n) is 16.9. The van der Waals surface area contributed by atoms with Crippen LogP contribution in [0.3, 0.4) is 0 Å². The normalized spacial score (nSPS) is 21.1. The van der Waals surface area contributed by atoms with E-state index in [2.05, 4.69) is 97.0 Å². The van der Waals surface area contributed by atoms with E-state index in [1.165, 1.54) is 94.6 Å². The predicted octanol–water partition coefficient (Wildman–Crippen LogP) is 10.8. The monoisotopic (exact) mass is 656 g/mol. The van der Waals surface area contributed by atoms with Gasteiger partial charge in [-0.05, 0) is 0 Å². The standard InChI is InChI=1S/C21H25.2C7H13.C5H5.H2Si.Zr/c1-20(2,3)16-7-9-18-14(12-16)11-15-13-17(21(4,5)6)8-10-19(15)18;2*1-2-4-6-7-5-3-1;1-2-4-5-3-1;;/h7-10,12H,11H2,1-6H3;2*1H,2-7H2;1-3H,4H2;1H2;. The maximum absolute atomic E-state index is 3.98. The Kier molecular flexibility index (Phi) is 8.44. The molecule has 0 bridgehead atoms. The first-order valence-corrected chi connectivity index (χ1v) is 28.9. The summed E-state index contributed by atoms with van der Waals surface area (Å²) in [6, 6.07) is 12.7. The van der Waals surface area contributed by atoms with Gasteiger partial charge in [-0.25, -0.2) is 0 Å². The molecule has 226 valence electrons. The fourth-order valence-electron chi connectivity index (χ4n) is 10.2. The summed E-state index contributed by atoms with van der Waals surface area (Å²) in [6.07, 6.45) is 27.6. The van der Waals surface area contributed by atoms with Crippen LogP contribution < -0.4 is 3.27 Å². The van der Waals surface area contributed by atoms with Crippen molar-refractivity contribution in [3.8, 4) is 11.1 Å². The Balaban J connectivity index is 1.71. The average Bonchev–Trinajstić information content (AvgIpc) is 3.40. The number of rotatable bonds is 4. The molecule has 0 aromatic heterocycles. The van der Waals surface area contributed by atoms with Gasteiger partial charge in [0.25, 0.3) is 0 Å². The van der Waals surface area contributed by atoms with E-state index in [1.54, 1.807) is 22.3 Å². The molecule has 2 aromatic carbocycles. The first-order valence-electron chi connectivity index (χ1n) is 17.6. The van der Waals surface area contributed by atoms with Gasteiger partial charge >= 0.3 is 262 Å². The Labute approximate surface area is 260 Å². The number of hydrogen-bond acceptors (Lipinski definition) is 0. The molecule has 2 fully saturated rings. The Morgan fingerprint density at radius 1 is 0.690 bits per heavy atom. The molecule has 4 aliphatic carbocycles. The molecule has 0 N–H and O–H groups in total. The third-order valence-electron chi connectivity index (χ3n) is 12.4. The van der Waals surface area contributed by atoms with Gasteiger partial charge in [0.1, 0.15) is 0 Å². The molecule has 0 saturated heterocycles. The summed E-state index contributed by atoms with van der Waals surface area (Å²) in [4.78, 5) is 0. The zero-order valence-electron chi connectivity index (χ0n) is 27.9. The van der Waals surface area contributed by atoms with Crippen molar-refractivity contribution in [1.29, 1.82) is 0 Å². The van der Waals surface area contributed by atoms with Gasteiger partial charge in [-0.3, -0.25) is 0 Å². The van der Waals surface area contributed by atoms with Crippen molar-refractivity contribution in [2.24, 2.45) is 0 Å². The molecule has 0 aliphatic heterocycles. The van der Waals surface area contributed by atoms with Crippen molar-refractivity contribution in [1.82, 2.24) is 0 Å². The van der Waals surface area contributed by atoms with E-state index in [4.69, 9.17) is 0 Å². The average molecular weight is 658 g/mol. The van der Waals surface area contributed by atoms with Crippen molar-refractivity contribution in [2.75, 3.05) is 0 Å². The minimum atomic E-state index is -3.98. The van der Waals surface area contributed by atoms with Crippen LogP contribution in [0.1, 0.15) is 147 Å². The van der Waals surface area contributed by atoms with Crippen molar-refractivity contribution in [2.45, 2.75) is 150 Å². The van der Waals surface area contributed by atoms with Crippen molar-refractivity contribution in [3.05, 3.63) is 74.1 Å². The first-order chi connectivity index (χ1) is 19.9. The Hall–Kier alpha value is -0.980. The van der Waals surface area contributed by atoms with E-state index in [-0.39, 0.29) is 10.8 Å². The van der Waals surface area contributed by atoms with Crippen LogP contribution in [0.15, 0.2) is 51.8 Å². The molecule has 2 heteroatoms.